The van der Waals surface area contributed by atoms with Crippen molar-refractivity contribution in [3.63, 3.8) is 0 Å². The van der Waals surface area contributed by atoms with Crippen LogP contribution in [-0.2, 0) is 4.79 Å². The molecular formula is C29H27N3O3. The number of benzene rings is 3. The lowest BCUT2D eigenvalue weighted by atomic mass is 9.93. The average Bonchev–Trinajstić information content (AvgIpc) is 3.62. The molecule has 35 heavy (non-hydrogen) atoms. The maximum atomic E-state index is 13.7. The highest BCUT2D eigenvalue weighted by Crippen LogP contribution is 2.45. The van der Waals surface area contributed by atoms with Gasteiger partial charge in [-0.1, -0.05) is 48.5 Å². The van der Waals surface area contributed by atoms with Crippen molar-refractivity contribution in [3.8, 4) is 17.0 Å². The molecule has 1 unspecified atom stereocenters. The number of carbonyl (C=O) groups is 2. The van der Waals surface area contributed by atoms with E-state index in [0.717, 1.165) is 65.0 Å². The van der Waals surface area contributed by atoms with Gasteiger partial charge in [-0.05, 0) is 42.7 Å². The number of likely N-dealkylation sites (tertiary alicyclic amines) is 1. The van der Waals surface area contributed by atoms with E-state index >= 15 is 0 Å². The first-order chi connectivity index (χ1) is 17.2. The predicted octanol–water partition coefficient (Wildman–Crippen LogP) is 5.01. The molecule has 2 aliphatic rings. The molecule has 6 nitrogen and oxygen atoms in total. The van der Waals surface area contributed by atoms with Gasteiger partial charge in [0.2, 0.25) is 5.91 Å². The Labute approximate surface area is 204 Å². The van der Waals surface area contributed by atoms with Crippen LogP contribution >= 0.6 is 0 Å². The Morgan fingerprint density at radius 1 is 1.00 bits per heavy atom. The van der Waals surface area contributed by atoms with Crippen LogP contribution in [0.1, 0.15) is 40.4 Å². The zero-order valence-electron chi connectivity index (χ0n) is 19.7. The van der Waals surface area contributed by atoms with Crippen LogP contribution in [0, 0.1) is 0 Å². The number of aromatic nitrogens is 1. The maximum Gasteiger partial charge on any atom is 0.255 e. The number of para-hydroxylation sites is 1. The molecule has 1 fully saturated rings. The predicted molar refractivity (Wildman–Crippen MR) is 135 cm³/mol. The first-order valence-electron chi connectivity index (χ1n) is 12.1. The molecule has 3 heterocycles. The summed E-state index contributed by atoms with van der Waals surface area (Å²) in [7, 11) is 1.66. The van der Waals surface area contributed by atoms with E-state index in [2.05, 4.69) is 11.1 Å². The molecule has 4 aromatic rings. The van der Waals surface area contributed by atoms with Gasteiger partial charge in [-0.15, -0.1) is 0 Å². The van der Waals surface area contributed by atoms with Gasteiger partial charge in [0, 0.05) is 40.7 Å². The van der Waals surface area contributed by atoms with Gasteiger partial charge < -0.3 is 19.5 Å². The smallest absolute Gasteiger partial charge is 0.255 e. The third kappa shape index (κ3) is 3.57. The van der Waals surface area contributed by atoms with E-state index in [9.17, 15) is 9.59 Å². The van der Waals surface area contributed by atoms with E-state index < -0.39 is 0 Å². The fraction of sp³-hybridized carbons (Fsp3) is 0.241. The van der Waals surface area contributed by atoms with Gasteiger partial charge >= 0.3 is 0 Å². The molecule has 0 aliphatic carbocycles. The summed E-state index contributed by atoms with van der Waals surface area (Å²) in [6, 6.07) is 23.4. The van der Waals surface area contributed by atoms with Crippen LogP contribution in [0.25, 0.3) is 22.2 Å². The standard InChI is InChI=1S/C29H27N3O3/c1-35-20-10-8-9-19(17-20)27-26(23-13-4-5-14-24(23)30-27)28-21-11-2-3-12-22(21)29(34)32(28)18-25(33)31-15-6-7-16-31/h2-5,8-14,17,28,30H,6-7,15-16,18H2,1H3. The second-order valence-corrected chi connectivity index (χ2v) is 9.20. The molecule has 1 aromatic heterocycles. The van der Waals surface area contributed by atoms with Crippen LogP contribution < -0.4 is 4.74 Å². The summed E-state index contributed by atoms with van der Waals surface area (Å²) < 4.78 is 5.49. The maximum absolute atomic E-state index is 13.7. The van der Waals surface area contributed by atoms with Crippen LogP contribution in [-0.4, -0.2) is 53.3 Å². The molecule has 0 bridgehead atoms. The van der Waals surface area contributed by atoms with Gasteiger partial charge in [-0.25, -0.2) is 0 Å². The second kappa shape index (κ2) is 8.62. The van der Waals surface area contributed by atoms with Gasteiger partial charge in [0.25, 0.3) is 5.91 Å². The van der Waals surface area contributed by atoms with Crippen molar-refractivity contribution in [2.24, 2.45) is 0 Å². The van der Waals surface area contributed by atoms with Crippen molar-refractivity contribution in [2.45, 2.75) is 18.9 Å². The van der Waals surface area contributed by atoms with Gasteiger partial charge in [0.15, 0.2) is 0 Å². The summed E-state index contributed by atoms with van der Waals surface area (Å²) in [6.07, 6.45) is 2.04. The molecule has 1 saturated heterocycles. The molecule has 176 valence electrons. The quantitative estimate of drug-likeness (QED) is 0.451. The first kappa shape index (κ1) is 21.5. The Morgan fingerprint density at radius 2 is 1.77 bits per heavy atom. The number of methoxy groups -OCH3 is 1. The molecule has 0 spiro atoms. The molecule has 0 radical (unpaired) electrons. The molecule has 1 N–H and O–H groups in total. The number of H-pyrrole nitrogens is 1. The third-order valence-corrected chi connectivity index (χ3v) is 7.20. The zero-order valence-corrected chi connectivity index (χ0v) is 19.7. The van der Waals surface area contributed by atoms with Crippen LogP contribution in [0.5, 0.6) is 5.75 Å². The Morgan fingerprint density at radius 3 is 2.60 bits per heavy atom. The number of nitrogens with one attached hydrogen (secondary N) is 1. The molecular weight excluding hydrogens is 438 g/mol. The lowest BCUT2D eigenvalue weighted by Gasteiger charge is -2.28. The molecule has 2 aliphatic heterocycles. The Balaban J connectivity index is 1.54. The monoisotopic (exact) mass is 465 g/mol. The summed E-state index contributed by atoms with van der Waals surface area (Å²) >= 11 is 0. The summed E-state index contributed by atoms with van der Waals surface area (Å²) in [6.45, 7) is 1.59. The fourth-order valence-corrected chi connectivity index (χ4v) is 5.51. The van der Waals surface area contributed by atoms with Gasteiger partial charge in [0.1, 0.15) is 12.3 Å². The molecule has 6 rings (SSSR count). The van der Waals surface area contributed by atoms with Crippen LogP contribution in [0.4, 0.5) is 0 Å². The highest BCUT2D eigenvalue weighted by atomic mass is 16.5. The minimum atomic E-state index is -0.373. The van der Waals surface area contributed by atoms with Crippen LogP contribution in [0.2, 0.25) is 0 Å². The topological polar surface area (TPSA) is 65.6 Å². The van der Waals surface area contributed by atoms with Gasteiger partial charge in [0.05, 0.1) is 18.8 Å². The van der Waals surface area contributed by atoms with Gasteiger partial charge in [-0.2, -0.15) is 0 Å². The number of carbonyl (C=O) groups excluding carboxylic acids is 2. The van der Waals surface area contributed by atoms with E-state index in [1.165, 1.54) is 0 Å². The number of rotatable bonds is 5. The van der Waals surface area contributed by atoms with Crippen molar-refractivity contribution in [3.05, 3.63) is 89.5 Å². The number of hydrogen-bond acceptors (Lipinski definition) is 3. The highest BCUT2D eigenvalue weighted by molar-refractivity contribution is 6.03. The largest absolute Gasteiger partial charge is 0.497 e. The van der Waals surface area contributed by atoms with Crippen molar-refractivity contribution < 1.29 is 14.3 Å². The normalized spacial score (nSPS) is 17.3. The number of hydrogen-bond donors (Lipinski definition) is 1. The summed E-state index contributed by atoms with van der Waals surface area (Å²) in [5.74, 6) is 0.674. The van der Waals surface area contributed by atoms with E-state index in [1.54, 1.807) is 12.0 Å². The Kier molecular flexibility index (Phi) is 5.29. The van der Waals surface area contributed by atoms with Crippen molar-refractivity contribution >= 4 is 22.7 Å². The van der Waals surface area contributed by atoms with Crippen molar-refractivity contribution in [1.82, 2.24) is 14.8 Å². The Bertz CT molecular complexity index is 1430. The number of fused-ring (bicyclic) bond motifs is 2. The summed E-state index contributed by atoms with van der Waals surface area (Å²) in [5.41, 5.74) is 5.48. The van der Waals surface area contributed by atoms with E-state index in [4.69, 9.17) is 4.74 Å². The minimum Gasteiger partial charge on any atom is -0.497 e. The number of amides is 2. The molecule has 0 saturated carbocycles. The second-order valence-electron chi connectivity index (χ2n) is 9.20. The average molecular weight is 466 g/mol. The highest BCUT2D eigenvalue weighted by Gasteiger charge is 2.41. The molecule has 1 atom stereocenters. The molecule has 3 aromatic carbocycles. The summed E-state index contributed by atoms with van der Waals surface area (Å²) in [4.78, 5) is 34.1. The number of aromatic amines is 1. The van der Waals surface area contributed by atoms with Crippen molar-refractivity contribution in [1.29, 1.82) is 0 Å². The first-order valence-corrected chi connectivity index (χ1v) is 12.1. The van der Waals surface area contributed by atoms with Crippen molar-refractivity contribution in [2.75, 3.05) is 26.7 Å². The fourth-order valence-electron chi connectivity index (χ4n) is 5.51. The van der Waals surface area contributed by atoms with E-state index in [0.29, 0.717) is 5.56 Å². The lowest BCUT2D eigenvalue weighted by Crippen LogP contribution is -2.41. The molecule has 6 heteroatoms. The number of ether oxygens (including phenoxy) is 1. The van der Waals surface area contributed by atoms with E-state index in [-0.39, 0.29) is 24.4 Å². The lowest BCUT2D eigenvalue weighted by molar-refractivity contribution is -0.131. The third-order valence-electron chi connectivity index (χ3n) is 7.20. The van der Waals surface area contributed by atoms with Crippen LogP contribution in [0.15, 0.2) is 72.8 Å². The van der Waals surface area contributed by atoms with E-state index in [1.807, 2.05) is 71.6 Å². The Hall–Kier alpha value is -4.06. The molecule has 2 amide bonds. The SMILES string of the molecule is COc1cccc(-c2[nH]c3ccccc3c2C2c3ccccc3C(=O)N2CC(=O)N2CCCC2)c1. The summed E-state index contributed by atoms with van der Waals surface area (Å²) in [5, 5.41) is 1.04. The number of nitrogens with zero attached hydrogens (tertiary/aromatic N) is 2. The van der Waals surface area contributed by atoms with Gasteiger partial charge in [-0.3, -0.25) is 9.59 Å². The van der Waals surface area contributed by atoms with Crippen LogP contribution in [0.3, 0.4) is 0 Å². The minimum absolute atomic E-state index is 0.0106. The zero-order chi connectivity index (χ0) is 23.9.